The van der Waals surface area contributed by atoms with E-state index in [2.05, 4.69) is 10.3 Å². The Morgan fingerprint density at radius 2 is 2.00 bits per heavy atom. The molecule has 0 aliphatic heterocycles. The van der Waals surface area contributed by atoms with Gasteiger partial charge in [-0.05, 0) is 43.2 Å². The topological polar surface area (TPSA) is 68.3 Å². The van der Waals surface area contributed by atoms with Crippen LogP contribution in [0.5, 0.6) is 0 Å². The fourth-order valence-corrected chi connectivity index (χ4v) is 2.38. The van der Waals surface area contributed by atoms with Gasteiger partial charge in [-0.15, -0.1) is 0 Å². The molecule has 0 saturated heterocycles. The van der Waals surface area contributed by atoms with E-state index in [1.807, 2.05) is 0 Å². The number of nitrogens with zero attached hydrogens (tertiary/aromatic N) is 1. The smallest absolute Gasteiger partial charge is 0.342 e. The molecule has 24 heavy (non-hydrogen) atoms. The molecule has 5 nitrogen and oxygen atoms in total. The standard InChI is InChI=1S/C17H16Cl2N2O3/c1-3-14(24-17(23)11-6-5-9-20-15(11)19)16(22)21-13-8-4-7-12(18)10(13)2/h4-9,14H,3H2,1-2H3,(H,21,22). The van der Waals surface area contributed by atoms with E-state index in [1.54, 1.807) is 38.1 Å². The van der Waals surface area contributed by atoms with Crippen molar-refractivity contribution < 1.29 is 14.3 Å². The molecule has 0 aliphatic rings. The number of amides is 1. The van der Waals surface area contributed by atoms with Crippen molar-refractivity contribution in [1.82, 2.24) is 4.98 Å². The second kappa shape index (κ2) is 8.13. The maximum atomic E-state index is 12.4. The summed E-state index contributed by atoms with van der Waals surface area (Å²) >= 11 is 11.9. The maximum Gasteiger partial charge on any atom is 0.342 e. The summed E-state index contributed by atoms with van der Waals surface area (Å²) in [5.74, 6) is -1.13. The molecule has 1 atom stereocenters. The predicted molar refractivity (Wildman–Crippen MR) is 93.6 cm³/mol. The van der Waals surface area contributed by atoms with Crippen LogP contribution in [-0.4, -0.2) is 23.0 Å². The number of anilines is 1. The lowest BCUT2D eigenvalue weighted by Gasteiger charge is -2.17. The lowest BCUT2D eigenvalue weighted by Crippen LogP contribution is -2.32. The van der Waals surface area contributed by atoms with Crippen LogP contribution in [0.15, 0.2) is 36.5 Å². The average Bonchev–Trinajstić information content (AvgIpc) is 2.57. The molecule has 2 aromatic rings. The summed E-state index contributed by atoms with van der Waals surface area (Å²) < 4.78 is 5.26. The zero-order valence-electron chi connectivity index (χ0n) is 13.2. The van der Waals surface area contributed by atoms with E-state index in [1.165, 1.54) is 12.3 Å². The van der Waals surface area contributed by atoms with E-state index >= 15 is 0 Å². The van der Waals surface area contributed by atoms with Gasteiger partial charge in [-0.25, -0.2) is 9.78 Å². The Bertz CT molecular complexity index is 765. The highest BCUT2D eigenvalue weighted by Crippen LogP contribution is 2.23. The van der Waals surface area contributed by atoms with Crippen LogP contribution in [-0.2, 0) is 9.53 Å². The third-order valence-corrected chi connectivity index (χ3v) is 4.13. The Kier molecular flexibility index (Phi) is 6.17. The summed E-state index contributed by atoms with van der Waals surface area (Å²) in [7, 11) is 0. The van der Waals surface area contributed by atoms with Gasteiger partial charge in [0.05, 0.1) is 5.56 Å². The molecular formula is C17H16Cl2N2O3. The SMILES string of the molecule is CCC(OC(=O)c1cccnc1Cl)C(=O)Nc1cccc(Cl)c1C. The van der Waals surface area contributed by atoms with Crippen molar-refractivity contribution in [1.29, 1.82) is 0 Å². The first-order valence-corrected chi connectivity index (χ1v) is 8.07. The molecule has 1 N–H and O–H groups in total. The van der Waals surface area contributed by atoms with Gasteiger partial charge in [0, 0.05) is 16.9 Å². The molecular weight excluding hydrogens is 351 g/mol. The first kappa shape index (κ1) is 18.2. The summed E-state index contributed by atoms with van der Waals surface area (Å²) in [6, 6.07) is 8.25. The van der Waals surface area contributed by atoms with Crippen molar-refractivity contribution >= 4 is 40.8 Å². The summed E-state index contributed by atoms with van der Waals surface area (Å²) in [6.45, 7) is 3.54. The molecule has 1 aromatic heterocycles. The summed E-state index contributed by atoms with van der Waals surface area (Å²) in [6.07, 6.45) is 0.826. The molecule has 0 bridgehead atoms. The number of esters is 1. The number of hydrogen-bond donors (Lipinski definition) is 1. The zero-order valence-corrected chi connectivity index (χ0v) is 14.7. The van der Waals surface area contributed by atoms with Crippen LogP contribution in [0.3, 0.4) is 0 Å². The lowest BCUT2D eigenvalue weighted by atomic mass is 10.2. The number of aromatic nitrogens is 1. The summed E-state index contributed by atoms with van der Waals surface area (Å²) in [5.41, 5.74) is 1.43. The number of carbonyl (C=O) groups excluding carboxylic acids is 2. The molecule has 2 rings (SSSR count). The Morgan fingerprint density at radius 3 is 2.67 bits per heavy atom. The fourth-order valence-electron chi connectivity index (χ4n) is 2.01. The van der Waals surface area contributed by atoms with Crippen LogP contribution in [0.1, 0.15) is 29.3 Å². The second-order valence-electron chi connectivity index (χ2n) is 5.05. The molecule has 0 radical (unpaired) electrons. The van der Waals surface area contributed by atoms with Crippen LogP contribution in [0.25, 0.3) is 0 Å². The van der Waals surface area contributed by atoms with Crippen LogP contribution >= 0.6 is 23.2 Å². The summed E-state index contributed by atoms with van der Waals surface area (Å²) in [4.78, 5) is 28.4. The fraction of sp³-hybridized carbons (Fsp3) is 0.235. The van der Waals surface area contributed by atoms with E-state index < -0.39 is 18.0 Å². The first-order chi connectivity index (χ1) is 11.4. The van der Waals surface area contributed by atoms with Crippen molar-refractivity contribution in [2.24, 2.45) is 0 Å². The summed E-state index contributed by atoms with van der Waals surface area (Å²) in [5, 5.41) is 3.30. The van der Waals surface area contributed by atoms with Gasteiger partial charge in [-0.1, -0.05) is 36.2 Å². The largest absolute Gasteiger partial charge is 0.449 e. The third-order valence-electron chi connectivity index (χ3n) is 3.42. The number of benzene rings is 1. The molecule has 0 saturated carbocycles. The van der Waals surface area contributed by atoms with E-state index in [0.29, 0.717) is 17.1 Å². The lowest BCUT2D eigenvalue weighted by molar-refractivity contribution is -0.124. The highest BCUT2D eigenvalue weighted by atomic mass is 35.5. The molecule has 0 aliphatic carbocycles. The zero-order chi connectivity index (χ0) is 17.7. The van der Waals surface area contributed by atoms with E-state index in [-0.39, 0.29) is 10.7 Å². The van der Waals surface area contributed by atoms with Crippen molar-refractivity contribution in [2.45, 2.75) is 26.4 Å². The molecule has 126 valence electrons. The van der Waals surface area contributed by atoms with Crippen LogP contribution in [0.2, 0.25) is 10.2 Å². The molecule has 0 spiro atoms. The van der Waals surface area contributed by atoms with E-state index in [0.717, 1.165) is 5.56 Å². The Labute approximate surface area is 149 Å². The Balaban J connectivity index is 2.10. The van der Waals surface area contributed by atoms with Gasteiger partial charge >= 0.3 is 5.97 Å². The monoisotopic (exact) mass is 366 g/mol. The van der Waals surface area contributed by atoms with Crippen LogP contribution in [0.4, 0.5) is 5.69 Å². The van der Waals surface area contributed by atoms with E-state index in [9.17, 15) is 9.59 Å². The minimum Gasteiger partial charge on any atom is -0.449 e. The Morgan fingerprint density at radius 1 is 1.25 bits per heavy atom. The van der Waals surface area contributed by atoms with Gasteiger partial charge in [0.2, 0.25) is 0 Å². The van der Waals surface area contributed by atoms with E-state index in [4.69, 9.17) is 27.9 Å². The van der Waals surface area contributed by atoms with Gasteiger partial charge in [-0.2, -0.15) is 0 Å². The minimum atomic E-state index is -0.952. The maximum absolute atomic E-state index is 12.4. The number of nitrogens with one attached hydrogen (secondary N) is 1. The number of carbonyl (C=O) groups is 2. The van der Waals surface area contributed by atoms with Gasteiger partial charge in [0.25, 0.3) is 5.91 Å². The highest BCUT2D eigenvalue weighted by Gasteiger charge is 2.24. The quantitative estimate of drug-likeness (QED) is 0.633. The molecule has 1 amide bonds. The van der Waals surface area contributed by atoms with Crippen molar-refractivity contribution in [2.75, 3.05) is 5.32 Å². The first-order valence-electron chi connectivity index (χ1n) is 7.31. The van der Waals surface area contributed by atoms with Crippen LogP contribution in [0, 0.1) is 6.92 Å². The normalized spacial score (nSPS) is 11.7. The number of halogens is 2. The minimum absolute atomic E-state index is 0.0310. The molecule has 0 fully saturated rings. The molecule has 1 heterocycles. The van der Waals surface area contributed by atoms with Gasteiger partial charge in [0.15, 0.2) is 6.10 Å². The number of hydrogen-bond acceptors (Lipinski definition) is 4. The Hall–Kier alpha value is -2.11. The number of pyridine rings is 1. The van der Waals surface area contributed by atoms with Crippen molar-refractivity contribution in [3.8, 4) is 0 Å². The van der Waals surface area contributed by atoms with Crippen molar-refractivity contribution in [3.05, 3.63) is 57.8 Å². The number of ether oxygens (including phenoxy) is 1. The predicted octanol–water partition coefficient (Wildman–Crippen LogP) is 4.27. The van der Waals surface area contributed by atoms with Crippen molar-refractivity contribution in [3.63, 3.8) is 0 Å². The average molecular weight is 367 g/mol. The van der Waals surface area contributed by atoms with Gasteiger partial charge in [-0.3, -0.25) is 4.79 Å². The second-order valence-corrected chi connectivity index (χ2v) is 5.81. The van der Waals surface area contributed by atoms with Gasteiger partial charge < -0.3 is 10.1 Å². The third kappa shape index (κ3) is 4.24. The van der Waals surface area contributed by atoms with Gasteiger partial charge in [0.1, 0.15) is 5.15 Å². The number of rotatable bonds is 5. The molecule has 1 aromatic carbocycles. The molecule has 1 unspecified atom stereocenters. The highest BCUT2D eigenvalue weighted by molar-refractivity contribution is 6.32. The molecule has 7 heteroatoms. The van der Waals surface area contributed by atoms with Crippen LogP contribution < -0.4 is 5.32 Å².